The van der Waals surface area contributed by atoms with Crippen molar-refractivity contribution < 1.29 is 14.2 Å². The van der Waals surface area contributed by atoms with Gasteiger partial charge in [0.2, 0.25) is 6.23 Å². The maximum absolute atomic E-state index is 6.08. The maximum atomic E-state index is 6.08. The predicted molar refractivity (Wildman–Crippen MR) is 74.7 cm³/mol. The lowest BCUT2D eigenvalue weighted by atomic mass is 9.83. The normalized spacial score (nSPS) is 29.9. The first kappa shape index (κ1) is 11.9. The molecule has 4 nitrogen and oxygen atoms in total. The predicted octanol–water partition coefficient (Wildman–Crippen LogP) is 2.90. The highest BCUT2D eigenvalue weighted by Crippen LogP contribution is 2.46. The summed E-state index contributed by atoms with van der Waals surface area (Å²) in [4.78, 5) is 0. The number of fused-ring (bicyclic) bond motifs is 3. The van der Waals surface area contributed by atoms with Crippen LogP contribution in [-0.4, -0.2) is 18.9 Å². The molecule has 0 amide bonds. The second kappa shape index (κ2) is 4.93. The van der Waals surface area contributed by atoms with Crippen LogP contribution in [0.2, 0.25) is 0 Å². The smallest absolute Gasteiger partial charge is 0.203 e. The summed E-state index contributed by atoms with van der Waals surface area (Å²) in [5, 5.41) is 3.06. The molecule has 4 heteroatoms. The van der Waals surface area contributed by atoms with E-state index in [1.807, 2.05) is 12.1 Å². The van der Waals surface area contributed by atoms with Crippen molar-refractivity contribution in [1.29, 1.82) is 0 Å². The molecule has 4 rings (SSSR count). The highest BCUT2D eigenvalue weighted by atomic mass is 16.5. The van der Waals surface area contributed by atoms with Gasteiger partial charge < -0.3 is 19.5 Å². The van der Waals surface area contributed by atoms with Crippen LogP contribution in [-0.2, 0) is 4.74 Å². The van der Waals surface area contributed by atoms with Crippen molar-refractivity contribution in [3.05, 3.63) is 36.2 Å². The molecule has 1 aromatic carbocycles. The molecule has 3 atom stereocenters. The molecule has 2 aliphatic heterocycles. The van der Waals surface area contributed by atoms with Crippen molar-refractivity contribution in [3.8, 4) is 11.5 Å². The Morgan fingerprint density at radius 3 is 3.10 bits per heavy atom. The number of hydrogen-bond donors (Lipinski definition) is 1. The van der Waals surface area contributed by atoms with Crippen LogP contribution in [0.5, 0.6) is 11.5 Å². The van der Waals surface area contributed by atoms with Crippen LogP contribution in [0.25, 0.3) is 0 Å². The maximum Gasteiger partial charge on any atom is 0.203 e. The van der Waals surface area contributed by atoms with E-state index in [1.165, 1.54) is 31.2 Å². The van der Waals surface area contributed by atoms with Crippen LogP contribution in [0.15, 0.2) is 30.7 Å². The van der Waals surface area contributed by atoms with Crippen molar-refractivity contribution in [2.24, 2.45) is 0 Å². The van der Waals surface area contributed by atoms with E-state index in [1.54, 1.807) is 12.5 Å². The van der Waals surface area contributed by atoms with Gasteiger partial charge in [0.25, 0.3) is 0 Å². The number of ether oxygens (including phenoxy) is 3. The summed E-state index contributed by atoms with van der Waals surface area (Å²) < 4.78 is 17.1. The van der Waals surface area contributed by atoms with Gasteiger partial charge in [-0.2, -0.15) is 0 Å². The SMILES string of the molecule is C1=CO[C@@H](COc2ccc3c(c2)OC2CCCCC32)N1. The lowest BCUT2D eigenvalue weighted by molar-refractivity contribution is 0.0927. The molecule has 20 heavy (non-hydrogen) atoms. The summed E-state index contributed by atoms with van der Waals surface area (Å²) in [7, 11) is 0. The summed E-state index contributed by atoms with van der Waals surface area (Å²) in [6, 6.07) is 6.24. The van der Waals surface area contributed by atoms with Gasteiger partial charge in [-0.3, -0.25) is 0 Å². The summed E-state index contributed by atoms with van der Waals surface area (Å²) in [5.74, 6) is 2.45. The second-order valence-electron chi connectivity index (χ2n) is 5.65. The number of hydrogen-bond acceptors (Lipinski definition) is 4. The highest BCUT2D eigenvalue weighted by Gasteiger charge is 2.36. The van der Waals surface area contributed by atoms with Crippen molar-refractivity contribution in [2.45, 2.75) is 43.9 Å². The minimum Gasteiger partial charge on any atom is -0.489 e. The largest absolute Gasteiger partial charge is 0.489 e. The molecular weight excluding hydrogens is 254 g/mol. The first-order valence-corrected chi connectivity index (χ1v) is 7.40. The van der Waals surface area contributed by atoms with Crippen molar-refractivity contribution in [2.75, 3.05) is 6.61 Å². The highest BCUT2D eigenvalue weighted by molar-refractivity contribution is 5.46. The molecule has 3 aliphatic rings. The fourth-order valence-electron chi connectivity index (χ4n) is 3.35. The van der Waals surface area contributed by atoms with Gasteiger partial charge in [-0.25, -0.2) is 0 Å². The Morgan fingerprint density at radius 2 is 2.20 bits per heavy atom. The topological polar surface area (TPSA) is 39.7 Å². The summed E-state index contributed by atoms with van der Waals surface area (Å²) in [6.45, 7) is 0.485. The van der Waals surface area contributed by atoms with E-state index in [2.05, 4.69) is 11.4 Å². The lowest BCUT2D eigenvalue weighted by Crippen LogP contribution is -2.28. The summed E-state index contributed by atoms with van der Waals surface area (Å²) in [6.07, 6.45) is 8.76. The van der Waals surface area contributed by atoms with E-state index in [0.29, 0.717) is 18.6 Å². The number of rotatable bonds is 3. The van der Waals surface area contributed by atoms with Crippen molar-refractivity contribution >= 4 is 0 Å². The fraction of sp³-hybridized carbons (Fsp3) is 0.500. The molecule has 0 spiro atoms. The average molecular weight is 273 g/mol. The molecule has 1 N–H and O–H groups in total. The fourth-order valence-corrected chi connectivity index (χ4v) is 3.35. The molecule has 0 bridgehead atoms. The molecule has 1 saturated carbocycles. The molecule has 1 fully saturated rings. The quantitative estimate of drug-likeness (QED) is 0.919. The summed E-state index contributed by atoms with van der Waals surface area (Å²) >= 11 is 0. The minimum absolute atomic E-state index is 0.0910. The Labute approximate surface area is 118 Å². The van der Waals surface area contributed by atoms with E-state index in [4.69, 9.17) is 14.2 Å². The van der Waals surface area contributed by atoms with E-state index >= 15 is 0 Å². The monoisotopic (exact) mass is 273 g/mol. The Hall–Kier alpha value is -1.84. The number of nitrogens with one attached hydrogen (secondary N) is 1. The zero-order valence-electron chi connectivity index (χ0n) is 11.4. The van der Waals surface area contributed by atoms with Crippen LogP contribution in [0.1, 0.15) is 37.2 Å². The van der Waals surface area contributed by atoms with Gasteiger partial charge in [0.05, 0.1) is 0 Å². The van der Waals surface area contributed by atoms with E-state index < -0.39 is 0 Å². The van der Waals surface area contributed by atoms with Crippen LogP contribution < -0.4 is 14.8 Å². The van der Waals surface area contributed by atoms with Crippen LogP contribution in [0, 0.1) is 0 Å². The van der Waals surface area contributed by atoms with E-state index in [0.717, 1.165) is 11.5 Å². The van der Waals surface area contributed by atoms with Gasteiger partial charge >= 0.3 is 0 Å². The number of benzene rings is 1. The van der Waals surface area contributed by atoms with Gasteiger partial charge in [0.15, 0.2) is 0 Å². The first-order valence-electron chi connectivity index (χ1n) is 7.40. The summed E-state index contributed by atoms with van der Waals surface area (Å²) in [5.41, 5.74) is 1.36. The van der Waals surface area contributed by atoms with Gasteiger partial charge in [-0.15, -0.1) is 0 Å². The Kier molecular flexibility index (Phi) is 2.94. The molecule has 2 unspecified atom stereocenters. The second-order valence-corrected chi connectivity index (χ2v) is 5.65. The standard InChI is InChI=1S/C16H19NO3/c1-2-4-14-12(3-1)13-6-5-11(9-15(13)20-14)19-10-16-17-7-8-18-16/h5-9,12,14,16-17H,1-4,10H2/t12?,14?,16-/m0/s1. The minimum atomic E-state index is -0.0910. The zero-order chi connectivity index (χ0) is 13.4. The molecule has 0 radical (unpaired) electrons. The molecule has 2 heterocycles. The molecular formula is C16H19NO3. The third kappa shape index (κ3) is 2.09. The van der Waals surface area contributed by atoms with E-state index in [-0.39, 0.29) is 6.23 Å². The zero-order valence-corrected chi connectivity index (χ0v) is 11.4. The molecule has 0 aromatic heterocycles. The van der Waals surface area contributed by atoms with Crippen molar-refractivity contribution in [3.63, 3.8) is 0 Å². The molecule has 106 valence electrons. The Balaban J connectivity index is 1.45. The average Bonchev–Trinajstić information content (AvgIpc) is 3.12. The van der Waals surface area contributed by atoms with Gasteiger partial charge in [0, 0.05) is 23.7 Å². The molecule has 0 saturated heterocycles. The third-order valence-electron chi connectivity index (χ3n) is 4.36. The van der Waals surface area contributed by atoms with Crippen molar-refractivity contribution in [1.82, 2.24) is 5.32 Å². The van der Waals surface area contributed by atoms with Crippen LogP contribution in [0.3, 0.4) is 0 Å². The van der Waals surface area contributed by atoms with Gasteiger partial charge in [0.1, 0.15) is 30.5 Å². The van der Waals surface area contributed by atoms with Crippen LogP contribution >= 0.6 is 0 Å². The molecule has 1 aliphatic carbocycles. The Bertz CT molecular complexity index is 520. The Morgan fingerprint density at radius 1 is 1.25 bits per heavy atom. The lowest BCUT2D eigenvalue weighted by Gasteiger charge is -2.23. The van der Waals surface area contributed by atoms with Crippen LogP contribution in [0.4, 0.5) is 0 Å². The van der Waals surface area contributed by atoms with Gasteiger partial charge in [-0.05, 0) is 25.3 Å². The first-order chi connectivity index (χ1) is 9.90. The third-order valence-corrected chi connectivity index (χ3v) is 4.36. The van der Waals surface area contributed by atoms with Gasteiger partial charge in [-0.1, -0.05) is 12.5 Å². The van der Waals surface area contributed by atoms with E-state index in [9.17, 15) is 0 Å². The molecule has 1 aromatic rings.